The second kappa shape index (κ2) is 8.77. The number of carbonyl (C=O) groups excluding carboxylic acids is 1. The second-order valence-electron chi connectivity index (χ2n) is 9.99. The van der Waals surface area contributed by atoms with Crippen molar-refractivity contribution in [2.45, 2.75) is 42.9 Å². The third-order valence-electron chi connectivity index (χ3n) is 7.63. The Hall–Kier alpha value is -3.22. The standard InChI is InChI=1S/C29H28FNO4/c30-20-11-9-19(10-12-20)13-29(33)14-21-16-34-17-22(15-29)31(21)28(32)35-18-27-25-7-3-1-5-23(25)24-6-2-4-8-26(24)27/h1-12,21-22,27,33H,13-18H2. The van der Waals surface area contributed by atoms with Gasteiger partial charge in [0.25, 0.3) is 0 Å². The van der Waals surface area contributed by atoms with Crippen molar-refractivity contribution < 1.29 is 23.8 Å². The number of nitrogens with zero attached hydrogens (tertiary/aromatic N) is 1. The molecule has 6 heteroatoms. The van der Waals surface area contributed by atoms with Gasteiger partial charge in [0.2, 0.25) is 0 Å². The fourth-order valence-corrected chi connectivity index (χ4v) is 6.17. The molecule has 1 amide bonds. The maximum absolute atomic E-state index is 13.3. The number of amides is 1. The van der Waals surface area contributed by atoms with Crippen LogP contribution in [0.2, 0.25) is 0 Å². The minimum absolute atomic E-state index is 0.00244. The summed E-state index contributed by atoms with van der Waals surface area (Å²) < 4.78 is 25.0. The average molecular weight is 474 g/mol. The van der Waals surface area contributed by atoms with Gasteiger partial charge in [0.05, 0.1) is 30.9 Å². The van der Waals surface area contributed by atoms with E-state index < -0.39 is 5.60 Å². The Kier molecular flexibility index (Phi) is 5.58. The highest BCUT2D eigenvalue weighted by atomic mass is 19.1. The van der Waals surface area contributed by atoms with E-state index in [0.29, 0.717) is 32.5 Å². The Morgan fingerprint density at radius 2 is 1.51 bits per heavy atom. The Labute approximate surface area is 204 Å². The highest BCUT2D eigenvalue weighted by Crippen LogP contribution is 2.45. The van der Waals surface area contributed by atoms with Crippen LogP contribution >= 0.6 is 0 Å². The van der Waals surface area contributed by atoms with Crippen LogP contribution in [0.3, 0.4) is 0 Å². The first-order valence-corrected chi connectivity index (χ1v) is 12.2. The van der Waals surface area contributed by atoms with Gasteiger partial charge in [-0.25, -0.2) is 9.18 Å². The Morgan fingerprint density at radius 1 is 0.943 bits per heavy atom. The van der Waals surface area contributed by atoms with Gasteiger partial charge >= 0.3 is 6.09 Å². The van der Waals surface area contributed by atoms with E-state index in [4.69, 9.17) is 9.47 Å². The van der Waals surface area contributed by atoms with E-state index in [1.165, 1.54) is 34.4 Å². The number of halogens is 1. The van der Waals surface area contributed by atoms with Crippen LogP contribution in [0.25, 0.3) is 11.1 Å². The summed E-state index contributed by atoms with van der Waals surface area (Å²) in [7, 11) is 0. The predicted molar refractivity (Wildman–Crippen MR) is 130 cm³/mol. The zero-order chi connectivity index (χ0) is 24.0. The minimum Gasteiger partial charge on any atom is -0.448 e. The van der Waals surface area contributed by atoms with Crippen LogP contribution < -0.4 is 0 Å². The normalized spacial score (nSPS) is 25.1. The third kappa shape index (κ3) is 4.11. The number of rotatable bonds is 4. The molecular weight excluding hydrogens is 445 g/mol. The van der Waals surface area contributed by atoms with Gasteiger partial charge < -0.3 is 14.6 Å². The second-order valence-corrected chi connectivity index (χ2v) is 9.99. The van der Waals surface area contributed by atoms with E-state index in [1.54, 1.807) is 17.0 Å². The smallest absolute Gasteiger partial charge is 0.410 e. The maximum atomic E-state index is 13.3. The number of piperidine rings is 1. The topological polar surface area (TPSA) is 59.0 Å². The molecule has 1 aliphatic carbocycles. The van der Waals surface area contributed by atoms with Crippen LogP contribution in [-0.4, -0.2) is 53.6 Å². The molecule has 2 heterocycles. The molecule has 6 rings (SSSR count). The predicted octanol–water partition coefficient (Wildman–Crippen LogP) is 4.91. The molecule has 5 nitrogen and oxygen atoms in total. The van der Waals surface area contributed by atoms with Crippen LogP contribution in [0.5, 0.6) is 0 Å². The number of carbonyl (C=O) groups is 1. The van der Waals surface area contributed by atoms with Crippen LogP contribution in [0.1, 0.15) is 35.4 Å². The molecule has 0 spiro atoms. The molecule has 180 valence electrons. The molecule has 0 saturated carbocycles. The summed E-state index contributed by atoms with van der Waals surface area (Å²) in [6.07, 6.45) is 0.851. The zero-order valence-electron chi connectivity index (χ0n) is 19.4. The number of hydrogen-bond acceptors (Lipinski definition) is 4. The Bertz CT molecular complexity index is 1180. The molecule has 3 aromatic rings. The van der Waals surface area contributed by atoms with Crippen molar-refractivity contribution in [3.8, 4) is 11.1 Å². The molecule has 2 fully saturated rings. The lowest BCUT2D eigenvalue weighted by Gasteiger charge is -2.51. The van der Waals surface area contributed by atoms with Crippen LogP contribution in [-0.2, 0) is 15.9 Å². The van der Waals surface area contributed by atoms with Crippen molar-refractivity contribution >= 4 is 6.09 Å². The summed E-state index contributed by atoms with van der Waals surface area (Å²) in [5.41, 5.74) is 4.64. The molecule has 2 bridgehead atoms. The van der Waals surface area contributed by atoms with Gasteiger partial charge in [-0.3, -0.25) is 4.90 Å². The monoisotopic (exact) mass is 473 g/mol. The largest absolute Gasteiger partial charge is 0.448 e. The first-order chi connectivity index (χ1) is 17.0. The van der Waals surface area contributed by atoms with Crippen molar-refractivity contribution in [2.75, 3.05) is 19.8 Å². The summed E-state index contributed by atoms with van der Waals surface area (Å²) in [5, 5.41) is 11.4. The Balaban J connectivity index is 1.16. The van der Waals surface area contributed by atoms with Crippen molar-refractivity contribution in [3.63, 3.8) is 0 Å². The third-order valence-corrected chi connectivity index (χ3v) is 7.63. The first kappa shape index (κ1) is 22.3. The molecule has 3 aromatic carbocycles. The molecule has 2 saturated heterocycles. The summed E-state index contributed by atoms with van der Waals surface area (Å²) in [6, 6.07) is 22.3. The number of aliphatic hydroxyl groups is 1. The summed E-state index contributed by atoms with van der Waals surface area (Å²) in [5.74, 6) is -0.293. The number of fused-ring (bicyclic) bond motifs is 5. The van der Waals surface area contributed by atoms with Crippen molar-refractivity contribution in [3.05, 3.63) is 95.3 Å². The summed E-state index contributed by atoms with van der Waals surface area (Å²) in [4.78, 5) is 15.1. The SMILES string of the molecule is O=C(OCC1c2ccccc2-c2ccccc21)N1C2COCC1CC(O)(Cc1ccc(F)cc1)C2. The van der Waals surface area contributed by atoms with Crippen LogP contribution in [0.15, 0.2) is 72.8 Å². The fourth-order valence-electron chi connectivity index (χ4n) is 6.17. The minimum atomic E-state index is -0.975. The summed E-state index contributed by atoms with van der Waals surface area (Å²) in [6.45, 7) is 1.00. The van der Waals surface area contributed by atoms with Crippen molar-refractivity contribution in [2.24, 2.45) is 0 Å². The molecule has 2 unspecified atom stereocenters. The quantitative estimate of drug-likeness (QED) is 0.585. The van der Waals surface area contributed by atoms with Gasteiger partial charge in [0.15, 0.2) is 0 Å². The molecule has 35 heavy (non-hydrogen) atoms. The van der Waals surface area contributed by atoms with Gasteiger partial charge in [-0.05, 0) is 52.8 Å². The molecule has 1 N–H and O–H groups in total. The van der Waals surface area contributed by atoms with Crippen molar-refractivity contribution in [1.29, 1.82) is 0 Å². The lowest BCUT2D eigenvalue weighted by Crippen LogP contribution is -2.64. The average Bonchev–Trinajstić information content (AvgIpc) is 3.17. The van der Waals surface area contributed by atoms with Gasteiger partial charge in [-0.2, -0.15) is 0 Å². The number of hydrogen-bond donors (Lipinski definition) is 1. The van der Waals surface area contributed by atoms with Crippen LogP contribution in [0.4, 0.5) is 9.18 Å². The number of morpholine rings is 1. The van der Waals surface area contributed by atoms with Crippen LogP contribution in [0, 0.1) is 5.82 Å². The van der Waals surface area contributed by atoms with Gasteiger partial charge in [-0.1, -0.05) is 60.7 Å². The van der Waals surface area contributed by atoms with Crippen molar-refractivity contribution in [1.82, 2.24) is 4.90 Å². The molecule has 2 atom stereocenters. The number of ether oxygens (including phenoxy) is 2. The maximum Gasteiger partial charge on any atom is 0.410 e. The molecule has 3 aliphatic rings. The highest BCUT2D eigenvalue weighted by molar-refractivity contribution is 5.79. The number of benzene rings is 3. The fraction of sp³-hybridized carbons (Fsp3) is 0.345. The molecule has 0 aromatic heterocycles. The van der Waals surface area contributed by atoms with E-state index in [-0.39, 0.29) is 36.5 Å². The van der Waals surface area contributed by atoms with Gasteiger partial charge in [0, 0.05) is 12.3 Å². The van der Waals surface area contributed by atoms with E-state index in [9.17, 15) is 14.3 Å². The lowest BCUT2D eigenvalue weighted by atomic mass is 9.78. The molecular formula is C29H28FNO4. The molecule has 2 aliphatic heterocycles. The van der Waals surface area contributed by atoms with E-state index in [0.717, 1.165) is 5.56 Å². The first-order valence-electron chi connectivity index (χ1n) is 12.2. The lowest BCUT2D eigenvalue weighted by molar-refractivity contribution is -0.132. The van der Waals surface area contributed by atoms with Gasteiger partial charge in [0.1, 0.15) is 12.4 Å². The summed E-state index contributed by atoms with van der Waals surface area (Å²) >= 11 is 0. The molecule has 0 radical (unpaired) electrons. The van der Waals surface area contributed by atoms with Gasteiger partial charge in [-0.15, -0.1) is 0 Å². The van der Waals surface area contributed by atoms with E-state index >= 15 is 0 Å². The Morgan fingerprint density at radius 3 is 2.11 bits per heavy atom. The highest BCUT2D eigenvalue weighted by Gasteiger charge is 2.48. The van der Waals surface area contributed by atoms with E-state index in [2.05, 4.69) is 24.3 Å². The van der Waals surface area contributed by atoms with E-state index in [1.807, 2.05) is 24.3 Å². The zero-order valence-corrected chi connectivity index (χ0v) is 19.4.